The minimum absolute atomic E-state index is 0.493. The van der Waals surface area contributed by atoms with E-state index in [2.05, 4.69) is 20.6 Å². The van der Waals surface area contributed by atoms with E-state index in [9.17, 15) is 8.42 Å². The van der Waals surface area contributed by atoms with Gasteiger partial charge < -0.3 is 10.6 Å². The van der Waals surface area contributed by atoms with Crippen LogP contribution in [0, 0.1) is 0 Å². The molecule has 0 radical (unpaired) electrons. The molecule has 0 spiro atoms. The molecule has 7 nitrogen and oxygen atoms in total. The van der Waals surface area contributed by atoms with Crippen molar-refractivity contribution in [2.75, 3.05) is 32.4 Å². The second kappa shape index (κ2) is 10.2. The quantitative estimate of drug-likeness (QED) is 0.394. The Balaban J connectivity index is 2.44. The second-order valence-electron chi connectivity index (χ2n) is 5.05. The van der Waals surface area contributed by atoms with Crippen LogP contribution < -0.4 is 10.6 Å². The van der Waals surface area contributed by atoms with Crippen molar-refractivity contribution < 1.29 is 8.42 Å². The van der Waals surface area contributed by atoms with Crippen molar-refractivity contribution >= 4 is 16.0 Å². The van der Waals surface area contributed by atoms with Gasteiger partial charge in [0.1, 0.15) is 0 Å². The molecule has 0 saturated heterocycles. The maximum absolute atomic E-state index is 11.5. The van der Waals surface area contributed by atoms with Gasteiger partial charge in [-0.1, -0.05) is 13.0 Å². The summed E-state index contributed by atoms with van der Waals surface area (Å²) in [7, 11) is -3.12. The minimum Gasteiger partial charge on any atom is -0.357 e. The first-order valence-electron chi connectivity index (χ1n) is 7.84. The van der Waals surface area contributed by atoms with Gasteiger partial charge in [-0.25, -0.2) is 17.7 Å². The third kappa shape index (κ3) is 7.94. The molecule has 0 saturated carbocycles. The summed E-state index contributed by atoms with van der Waals surface area (Å²) in [6.45, 7) is 6.75. The molecule has 8 heteroatoms. The number of rotatable bonds is 9. The van der Waals surface area contributed by atoms with Gasteiger partial charge in [-0.05, 0) is 25.5 Å². The van der Waals surface area contributed by atoms with Gasteiger partial charge in [-0.3, -0.25) is 4.98 Å². The molecule has 2 N–H and O–H groups in total. The van der Waals surface area contributed by atoms with Crippen molar-refractivity contribution in [2.45, 2.75) is 26.8 Å². The van der Waals surface area contributed by atoms with Crippen molar-refractivity contribution in [3.05, 3.63) is 30.1 Å². The summed E-state index contributed by atoms with van der Waals surface area (Å²) >= 11 is 0. The van der Waals surface area contributed by atoms with E-state index in [1.54, 1.807) is 6.20 Å². The Morgan fingerprint density at radius 2 is 2.09 bits per heavy atom. The number of pyridine rings is 1. The van der Waals surface area contributed by atoms with Crippen molar-refractivity contribution in [2.24, 2.45) is 4.99 Å². The summed E-state index contributed by atoms with van der Waals surface area (Å²) in [5.41, 5.74) is 0.902. The fraction of sp³-hybridized carbons (Fsp3) is 0.600. The number of sulfonamides is 1. The van der Waals surface area contributed by atoms with Crippen LogP contribution in [-0.2, 0) is 16.6 Å². The van der Waals surface area contributed by atoms with Gasteiger partial charge in [0.25, 0.3) is 0 Å². The lowest BCUT2D eigenvalue weighted by Crippen LogP contribution is -2.39. The van der Waals surface area contributed by atoms with Crippen molar-refractivity contribution in [1.82, 2.24) is 19.9 Å². The molecule has 1 aromatic rings. The molecule has 0 aliphatic rings. The summed E-state index contributed by atoms with van der Waals surface area (Å²) in [5.74, 6) is 0.709. The zero-order chi connectivity index (χ0) is 17.1. The summed E-state index contributed by atoms with van der Waals surface area (Å²) in [6, 6.07) is 5.74. The molecule has 1 heterocycles. The molecular weight excluding hydrogens is 314 g/mol. The summed E-state index contributed by atoms with van der Waals surface area (Å²) in [5, 5.41) is 6.38. The lowest BCUT2D eigenvalue weighted by atomic mass is 10.3. The van der Waals surface area contributed by atoms with Gasteiger partial charge in [0.05, 0.1) is 18.5 Å². The standard InChI is InChI=1S/C15H27N5O2S/c1-4-16-15(19-13-14-9-6-7-10-17-14)18-11-8-12-20(5-2)23(3,21)22/h6-7,9-10H,4-5,8,11-13H2,1-3H3,(H2,16,18,19). The van der Waals surface area contributed by atoms with Gasteiger partial charge in [-0.15, -0.1) is 0 Å². The molecule has 1 aromatic heterocycles. The second-order valence-corrected chi connectivity index (χ2v) is 7.03. The van der Waals surface area contributed by atoms with E-state index >= 15 is 0 Å². The first-order chi connectivity index (χ1) is 11.0. The Kier molecular flexibility index (Phi) is 8.57. The maximum Gasteiger partial charge on any atom is 0.211 e. The van der Waals surface area contributed by atoms with E-state index in [1.807, 2.05) is 32.0 Å². The van der Waals surface area contributed by atoms with Crippen molar-refractivity contribution in [1.29, 1.82) is 0 Å². The van der Waals surface area contributed by atoms with E-state index < -0.39 is 10.0 Å². The molecule has 0 aromatic carbocycles. The number of nitrogens with one attached hydrogen (secondary N) is 2. The summed E-state index contributed by atoms with van der Waals surface area (Å²) in [4.78, 5) is 8.70. The minimum atomic E-state index is -3.12. The first kappa shape index (κ1) is 19.4. The molecule has 0 aliphatic heterocycles. The first-order valence-corrected chi connectivity index (χ1v) is 9.69. The Labute approximate surface area is 139 Å². The van der Waals surface area contributed by atoms with Gasteiger partial charge in [0.15, 0.2) is 5.96 Å². The smallest absolute Gasteiger partial charge is 0.211 e. The zero-order valence-corrected chi connectivity index (χ0v) is 14.9. The van der Waals surface area contributed by atoms with Crippen LogP contribution in [0.25, 0.3) is 0 Å². The van der Waals surface area contributed by atoms with Crippen LogP contribution in [0.4, 0.5) is 0 Å². The Morgan fingerprint density at radius 3 is 2.65 bits per heavy atom. The van der Waals surface area contributed by atoms with Crippen molar-refractivity contribution in [3.8, 4) is 0 Å². The van der Waals surface area contributed by atoms with E-state index in [1.165, 1.54) is 10.6 Å². The van der Waals surface area contributed by atoms with Gasteiger partial charge >= 0.3 is 0 Å². The van der Waals surface area contributed by atoms with Crippen LogP contribution >= 0.6 is 0 Å². The number of nitrogens with zero attached hydrogens (tertiary/aromatic N) is 3. The molecular formula is C15H27N5O2S. The lowest BCUT2D eigenvalue weighted by Gasteiger charge is -2.18. The van der Waals surface area contributed by atoms with E-state index in [0.717, 1.165) is 18.7 Å². The maximum atomic E-state index is 11.5. The number of guanidine groups is 1. The predicted molar refractivity (Wildman–Crippen MR) is 93.8 cm³/mol. The predicted octanol–water partition coefficient (Wildman–Crippen LogP) is 0.808. The highest BCUT2D eigenvalue weighted by Crippen LogP contribution is 1.98. The highest BCUT2D eigenvalue weighted by Gasteiger charge is 2.13. The number of aromatic nitrogens is 1. The van der Waals surface area contributed by atoms with Crippen LogP contribution in [-0.4, -0.2) is 56.1 Å². The molecule has 0 atom stereocenters. The third-order valence-electron chi connectivity index (χ3n) is 3.17. The van der Waals surface area contributed by atoms with Crippen LogP contribution in [0.2, 0.25) is 0 Å². The van der Waals surface area contributed by atoms with Crippen LogP contribution in [0.3, 0.4) is 0 Å². The fourth-order valence-electron chi connectivity index (χ4n) is 2.01. The van der Waals surface area contributed by atoms with Gasteiger partial charge in [0, 0.05) is 32.4 Å². The van der Waals surface area contributed by atoms with E-state index in [-0.39, 0.29) is 0 Å². The largest absolute Gasteiger partial charge is 0.357 e. The number of hydrogen-bond donors (Lipinski definition) is 2. The van der Waals surface area contributed by atoms with Gasteiger partial charge in [0.2, 0.25) is 10.0 Å². The molecule has 0 bridgehead atoms. The highest BCUT2D eigenvalue weighted by molar-refractivity contribution is 7.88. The zero-order valence-electron chi connectivity index (χ0n) is 14.1. The SMILES string of the molecule is CCNC(=NCc1ccccn1)NCCCN(CC)S(C)(=O)=O. The third-order valence-corrected chi connectivity index (χ3v) is 4.55. The molecule has 0 amide bonds. The van der Waals surface area contributed by atoms with Crippen LogP contribution in [0.1, 0.15) is 26.0 Å². The highest BCUT2D eigenvalue weighted by atomic mass is 32.2. The van der Waals surface area contributed by atoms with Gasteiger partial charge in [-0.2, -0.15) is 0 Å². The van der Waals surface area contributed by atoms with Crippen LogP contribution in [0.15, 0.2) is 29.4 Å². The molecule has 0 unspecified atom stereocenters. The van der Waals surface area contributed by atoms with E-state index in [4.69, 9.17) is 0 Å². The molecule has 0 aliphatic carbocycles. The monoisotopic (exact) mass is 341 g/mol. The van der Waals surface area contributed by atoms with E-state index in [0.29, 0.717) is 32.1 Å². The Hall–Kier alpha value is -1.67. The number of aliphatic imine (C=N–C) groups is 1. The average Bonchev–Trinajstić information content (AvgIpc) is 2.52. The molecule has 0 fully saturated rings. The average molecular weight is 341 g/mol. The Bertz CT molecular complexity index is 575. The summed E-state index contributed by atoms with van der Waals surface area (Å²) in [6.07, 6.45) is 3.70. The Morgan fingerprint density at radius 1 is 1.30 bits per heavy atom. The fourth-order valence-corrected chi connectivity index (χ4v) is 2.94. The lowest BCUT2D eigenvalue weighted by molar-refractivity contribution is 0.424. The normalized spacial score (nSPS) is 12.4. The molecule has 1 rings (SSSR count). The summed E-state index contributed by atoms with van der Waals surface area (Å²) < 4.78 is 24.5. The number of hydrogen-bond acceptors (Lipinski definition) is 4. The topological polar surface area (TPSA) is 86.7 Å². The van der Waals surface area contributed by atoms with Crippen LogP contribution in [0.5, 0.6) is 0 Å². The van der Waals surface area contributed by atoms with Crippen molar-refractivity contribution in [3.63, 3.8) is 0 Å². The molecule has 130 valence electrons. The molecule has 23 heavy (non-hydrogen) atoms.